The molecule has 0 heterocycles. The van der Waals surface area contributed by atoms with Gasteiger partial charge in [-0.05, 0) is 30.8 Å². The molecular formula is C14H18N2. The average molecular weight is 214 g/mol. The first-order chi connectivity index (χ1) is 7.86. The van der Waals surface area contributed by atoms with Crippen LogP contribution >= 0.6 is 0 Å². The predicted octanol–water partition coefficient (Wildman–Crippen LogP) is 3.40. The molecule has 2 heteroatoms. The molecule has 2 aromatic carbocycles. The molecule has 0 atom stereocenters. The quantitative estimate of drug-likeness (QED) is 0.804. The van der Waals surface area contributed by atoms with E-state index in [0.717, 1.165) is 17.9 Å². The summed E-state index contributed by atoms with van der Waals surface area (Å²) in [5.74, 6) is 0. The van der Waals surface area contributed by atoms with Crippen molar-refractivity contribution >= 4 is 11.4 Å². The highest BCUT2D eigenvalue weighted by molar-refractivity contribution is 5.58. The zero-order valence-electron chi connectivity index (χ0n) is 9.56. The highest BCUT2D eigenvalue weighted by Gasteiger charge is 1.89. The number of nitrogens with one attached hydrogen (secondary N) is 1. The Morgan fingerprint density at radius 2 is 1.12 bits per heavy atom. The third-order valence-corrected chi connectivity index (χ3v) is 1.84. The average Bonchev–Trinajstić information content (AvgIpc) is 2.33. The minimum absolute atomic E-state index is 0.750. The first kappa shape index (κ1) is 12.3. The zero-order valence-corrected chi connectivity index (χ0v) is 9.56. The second-order valence-corrected chi connectivity index (χ2v) is 3.27. The number of benzene rings is 2. The molecule has 16 heavy (non-hydrogen) atoms. The molecule has 84 valence electrons. The molecule has 0 amide bonds. The van der Waals surface area contributed by atoms with E-state index < -0.39 is 0 Å². The summed E-state index contributed by atoms with van der Waals surface area (Å²) in [5, 5.41) is 3.30. The maximum atomic E-state index is 4.85. The van der Waals surface area contributed by atoms with E-state index in [0.29, 0.717) is 0 Å². The van der Waals surface area contributed by atoms with Crippen molar-refractivity contribution in [2.24, 2.45) is 5.73 Å². The molecule has 0 saturated heterocycles. The van der Waals surface area contributed by atoms with E-state index in [9.17, 15) is 0 Å². The van der Waals surface area contributed by atoms with Crippen molar-refractivity contribution in [1.29, 1.82) is 0 Å². The SMILES string of the molecule is CCN.c1ccc(Nc2ccccc2)cc1. The lowest BCUT2D eigenvalue weighted by Crippen LogP contribution is -1.87. The molecule has 0 radical (unpaired) electrons. The highest BCUT2D eigenvalue weighted by Crippen LogP contribution is 2.14. The van der Waals surface area contributed by atoms with Crippen LogP contribution in [0.2, 0.25) is 0 Å². The number of hydrogen-bond donors (Lipinski definition) is 2. The van der Waals surface area contributed by atoms with Gasteiger partial charge < -0.3 is 11.1 Å². The normalized spacial score (nSPS) is 8.88. The van der Waals surface area contributed by atoms with Crippen LogP contribution in [0.15, 0.2) is 60.7 Å². The van der Waals surface area contributed by atoms with Crippen molar-refractivity contribution in [2.75, 3.05) is 11.9 Å². The number of para-hydroxylation sites is 2. The van der Waals surface area contributed by atoms with E-state index in [2.05, 4.69) is 5.32 Å². The van der Waals surface area contributed by atoms with Gasteiger partial charge in [0.05, 0.1) is 0 Å². The maximum absolute atomic E-state index is 4.85. The summed E-state index contributed by atoms with van der Waals surface area (Å²) in [6.45, 7) is 2.65. The molecule has 2 rings (SSSR count). The van der Waals surface area contributed by atoms with Crippen molar-refractivity contribution in [3.8, 4) is 0 Å². The molecule has 3 N–H and O–H groups in total. The van der Waals surface area contributed by atoms with Crippen molar-refractivity contribution in [1.82, 2.24) is 0 Å². The van der Waals surface area contributed by atoms with Gasteiger partial charge in [0.2, 0.25) is 0 Å². The third kappa shape index (κ3) is 4.62. The fourth-order valence-electron chi connectivity index (χ4n) is 1.21. The number of anilines is 2. The fraction of sp³-hybridized carbons (Fsp3) is 0.143. The van der Waals surface area contributed by atoms with Gasteiger partial charge in [0.15, 0.2) is 0 Å². The van der Waals surface area contributed by atoms with Crippen LogP contribution in [0.1, 0.15) is 6.92 Å². The molecule has 0 saturated carbocycles. The summed E-state index contributed by atoms with van der Waals surface area (Å²) in [6.07, 6.45) is 0. The lowest BCUT2D eigenvalue weighted by atomic mass is 10.3. The van der Waals surface area contributed by atoms with Crippen LogP contribution in [-0.4, -0.2) is 6.54 Å². The van der Waals surface area contributed by atoms with Gasteiger partial charge in [0.1, 0.15) is 0 Å². The van der Waals surface area contributed by atoms with Crippen LogP contribution in [0.4, 0.5) is 11.4 Å². The molecule has 0 aliphatic rings. The van der Waals surface area contributed by atoms with Gasteiger partial charge in [0.25, 0.3) is 0 Å². The van der Waals surface area contributed by atoms with Crippen LogP contribution in [0.25, 0.3) is 0 Å². The molecule has 2 aromatic rings. The van der Waals surface area contributed by atoms with Crippen molar-refractivity contribution in [2.45, 2.75) is 6.92 Å². The standard InChI is InChI=1S/C12H11N.C2H7N/c1-3-7-11(8-4-1)13-12-9-5-2-6-10-12;1-2-3/h1-10,13H;2-3H2,1H3. The summed E-state index contributed by atoms with van der Waals surface area (Å²) >= 11 is 0. The van der Waals surface area contributed by atoms with Crippen molar-refractivity contribution in [3.63, 3.8) is 0 Å². The van der Waals surface area contributed by atoms with Gasteiger partial charge in [-0.15, -0.1) is 0 Å². The predicted molar refractivity (Wildman–Crippen MR) is 70.9 cm³/mol. The molecule has 0 aromatic heterocycles. The molecule has 0 aliphatic heterocycles. The lowest BCUT2D eigenvalue weighted by Gasteiger charge is -2.04. The smallest absolute Gasteiger partial charge is 0.0384 e. The van der Waals surface area contributed by atoms with Crippen LogP contribution < -0.4 is 11.1 Å². The topological polar surface area (TPSA) is 38.0 Å². The van der Waals surface area contributed by atoms with E-state index in [1.54, 1.807) is 0 Å². The Morgan fingerprint density at radius 3 is 1.44 bits per heavy atom. The summed E-state index contributed by atoms with van der Waals surface area (Å²) in [6, 6.07) is 20.3. The molecule has 0 unspecified atom stereocenters. The van der Waals surface area contributed by atoms with Gasteiger partial charge >= 0.3 is 0 Å². The second kappa shape index (κ2) is 7.49. The van der Waals surface area contributed by atoms with E-state index in [1.165, 1.54) is 0 Å². The van der Waals surface area contributed by atoms with Gasteiger partial charge in [-0.25, -0.2) is 0 Å². The molecule has 0 fully saturated rings. The van der Waals surface area contributed by atoms with Crippen LogP contribution in [0.3, 0.4) is 0 Å². The van der Waals surface area contributed by atoms with Gasteiger partial charge in [-0.2, -0.15) is 0 Å². The van der Waals surface area contributed by atoms with Crippen LogP contribution in [0.5, 0.6) is 0 Å². The summed E-state index contributed by atoms with van der Waals surface area (Å²) in [4.78, 5) is 0. The maximum Gasteiger partial charge on any atom is 0.0384 e. The van der Waals surface area contributed by atoms with E-state index in [1.807, 2.05) is 67.6 Å². The molecule has 0 aliphatic carbocycles. The Labute approximate surface area is 97.1 Å². The zero-order chi connectivity index (χ0) is 11.6. The Balaban J connectivity index is 0.000000386. The first-order valence-corrected chi connectivity index (χ1v) is 5.44. The largest absolute Gasteiger partial charge is 0.356 e. The lowest BCUT2D eigenvalue weighted by molar-refractivity contribution is 1.14. The number of rotatable bonds is 2. The highest BCUT2D eigenvalue weighted by atomic mass is 14.9. The molecular weight excluding hydrogens is 196 g/mol. The minimum atomic E-state index is 0.750. The Kier molecular flexibility index (Phi) is 5.74. The minimum Gasteiger partial charge on any atom is -0.356 e. The van der Waals surface area contributed by atoms with E-state index >= 15 is 0 Å². The van der Waals surface area contributed by atoms with Crippen LogP contribution in [0, 0.1) is 0 Å². The Morgan fingerprint density at radius 1 is 0.812 bits per heavy atom. The van der Waals surface area contributed by atoms with Gasteiger partial charge in [-0.1, -0.05) is 43.3 Å². The first-order valence-electron chi connectivity index (χ1n) is 5.44. The van der Waals surface area contributed by atoms with Crippen LogP contribution in [-0.2, 0) is 0 Å². The van der Waals surface area contributed by atoms with Crippen molar-refractivity contribution < 1.29 is 0 Å². The molecule has 0 spiro atoms. The second-order valence-electron chi connectivity index (χ2n) is 3.27. The Hall–Kier alpha value is -1.80. The van der Waals surface area contributed by atoms with Gasteiger partial charge in [-0.3, -0.25) is 0 Å². The third-order valence-electron chi connectivity index (χ3n) is 1.84. The summed E-state index contributed by atoms with van der Waals surface area (Å²) in [7, 11) is 0. The van der Waals surface area contributed by atoms with Gasteiger partial charge in [0, 0.05) is 11.4 Å². The van der Waals surface area contributed by atoms with Crippen molar-refractivity contribution in [3.05, 3.63) is 60.7 Å². The fourth-order valence-corrected chi connectivity index (χ4v) is 1.21. The van der Waals surface area contributed by atoms with E-state index in [4.69, 9.17) is 5.73 Å². The summed E-state index contributed by atoms with van der Waals surface area (Å²) in [5.41, 5.74) is 7.09. The number of hydrogen-bond acceptors (Lipinski definition) is 2. The van der Waals surface area contributed by atoms with E-state index in [-0.39, 0.29) is 0 Å². The Bertz CT molecular complexity index is 333. The molecule has 2 nitrogen and oxygen atoms in total. The summed E-state index contributed by atoms with van der Waals surface area (Å²) < 4.78 is 0. The monoisotopic (exact) mass is 214 g/mol. The number of nitrogens with two attached hydrogens (primary N) is 1. The molecule has 0 bridgehead atoms.